The number of nitrogens with two attached hydrogens (primary N) is 1. The molecule has 0 saturated carbocycles. The molecule has 0 bridgehead atoms. The quantitative estimate of drug-likeness (QED) is 0.645. The minimum atomic E-state index is -1.04. The van der Waals surface area contributed by atoms with Crippen molar-refractivity contribution in [2.75, 3.05) is 24.2 Å². The van der Waals surface area contributed by atoms with E-state index >= 15 is 0 Å². The van der Waals surface area contributed by atoms with Crippen molar-refractivity contribution in [3.8, 4) is 0 Å². The van der Waals surface area contributed by atoms with Crippen LogP contribution in [0.2, 0.25) is 0 Å². The second-order valence-electron chi connectivity index (χ2n) is 3.81. The number of ether oxygens (including phenoxy) is 1. The van der Waals surface area contributed by atoms with Crippen molar-refractivity contribution in [3.63, 3.8) is 0 Å². The van der Waals surface area contributed by atoms with Gasteiger partial charge in [0, 0.05) is 12.7 Å². The fraction of sp³-hybridized carbons (Fsp3) is 0.455. The lowest BCUT2D eigenvalue weighted by molar-refractivity contribution is 0.0696. The predicted octanol–water partition coefficient (Wildman–Crippen LogP) is 1.20. The van der Waals surface area contributed by atoms with E-state index in [0.717, 1.165) is 0 Å². The fourth-order valence-electron chi connectivity index (χ4n) is 1.21. The summed E-state index contributed by atoms with van der Waals surface area (Å²) in [5.41, 5.74) is 6.06. The van der Waals surface area contributed by atoms with Crippen LogP contribution in [0.5, 0.6) is 0 Å². The summed E-state index contributed by atoms with van der Waals surface area (Å²) in [5, 5.41) is 11.7. The number of aromatic nitrogens is 1. The number of aromatic carboxylic acids is 1. The van der Waals surface area contributed by atoms with Gasteiger partial charge in [-0.1, -0.05) is 0 Å². The van der Waals surface area contributed by atoms with Gasteiger partial charge >= 0.3 is 5.97 Å². The predicted molar refractivity (Wildman–Crippen MR) is 65.2 cm³/mol. The zero-order valence-electron chi connectivity index (χ0n) is 9.93. The summed E-state index contributed by atoms with van der Waals surface area (Å²) in [6.07, 6.45) is 1.45. The smallest absolute Gasteiger partial charge is 0.337 e. The molecule has 6 heteroatoms. The molecule has 0 fully saturated rings. The van der Waals surface area contributed by atoms with Gasteiger partial charge < -0.3 is 20.9 Å². The Morgan fingerprint density at radius 1 is 1.65 bits per heavy atom. The number of carboxylic acids is 1. The summed E-state index contributed by atoms with van der Waals surface area (Å²) in [7, 11) is 0. The topological polar surface area (TPSA) is 97.5 Å². The highest BCUT2D eigenvalue weighted by atomic mass is 16.5. The van der Waals surface area contributed by atoms with E-state index in [1.165, 1.54) is 12.3 Å². The summed E-state index contributed by atoms with van der Waals surface area (Å²) >= 11 is 0. The fourth-order valence-corrected chi connectivity index (χ4v) is 1.21. The van der Waals surface area contributed by atoms with Gasteiger partial charge in [-0.05, 0) is 19.9 Å². The number of carboxylic acid groups (broad SMARTS) is 1. The van der Waals surface area contributed by atoms with Crippen LogP contribution in [0.4, 0.5) is 11.5 Å². The third kappa shape index (κ3) is 4.28. The van der Waals surface area contributed by atoms with E-state index < -0.39 is 5.97 Å². The molecule has 1 rings (SSSR count). The highest BCUT2D eigenvalue weighted by Crippen LogP contribution is 2.15. The van der Waals surface area contributed by atoms with Crippen LogP contribution < -0.4 is 11.1 Å². The standard InChI is InChI=1S/C11H17N3O3/c1-7(2)17-4-3-13-10-9(12)5-8(6-14-10)11(15)16/h5-7H,3-4,12H2,1-2H3,(H,13,14)(H,15,16). The van der Waals surface area contributed by atoms with Crippen LogP contribution >= 0.6 is 0 Å². The lowest BCUT2D eigenvalue weighted by Gasteiger charge is -2.10. The molecule has 0 amide bonds. The van der Waals surface area contributed by atoms with Crippen LogP contribution in [0.1, 0.15) is 24.2 Å². The van der Waals surface area contributed by atoms with E-state index in [1.54, 1.807) is 0 Å². The van der Waals surface area contributed by atoms with Gasteiger partial charge in [-0.2, -0.15) is 0 Å². The zero-order chi connectivity index (χ0) is 12.8. The van der Waals surface area contributed by atoms with Crippen molar-refractivity contribution >= 4 is 17.5 Å². The third-order valence-electron chi connectivity index (χ3n) is 2.01. The van der Waals surface area contributed by atoms with Crippen LogP contribution in [0.3, 0.4) is 0 Å². The molecule has 0 aliphatic rings. The Balaban J connectivity index is 2.52. The largest absolute Gasteiger partial charge is 0.478 e. The molecule has 6 nitrogen and oxygen atoms in total. The second kappa shape index (κ2) is 6.05. The molecule has 94 valence electrons. The van der Waals surface area contributed by atoms with Crippen LogP contribution in [0.25, 0.3) is 0 Å². The molecule has 1 aromatic heterocycles. The minimum Gasteiger partial charge on any atom is -0.478 e. The van der Waals surface area contributed by atoms with E-state index in [2.05, 4.69) is 10.3 Å². The molecular weight excluding hydrogens is 222 g/mol. The van der Waals surface area contributed by atoms with Crippen LogP contribution in [-0.4, -0.2) is 35.3 Å². The maximum Gasteiger partial charge on any atom is 0.337 e. The van der Waals surface area contributed by atoms with Crippen molar-refractivity contribution < 1.29 is 14.6 Å². The highest BCUT2D eigenvalue weighted by Gasteiger charge is 2.07. The first kappa shape index (κ1) is 13.2. The summed E-state index contributed by atoms with van der Waals surface area (Å²) in [4.78, 5) is 14.6. The maximum atomic E-state index is 10.7. The van der Waals surface area contributed by atoms with Gasteiger partial charge in [0.05, 0.1) is 24.0 Å². The van der Waals surface area contributed by atoms with Gasteiger partial charge in [-0.15, -0.1) is 0 Å². The molecular formula is C11H17N3O3. The molecule has 4 N–H and O–H groups in total. The van der Waals surface area contributed by atoms with E-state index in [0.29, 0.717) is 24.7 Å². The number of nitrogens with zero attached hydrogens (tertiary/aromatic N) is 1. The summed E-state index contributed by atoms with van der Waals surface area (Å²) in [6, 6.07) is 1.38. The zero-order valence-corrected chi connectivity index (χ0v) is 9.93. The van der Waals surface area contributed by atoms with Gasteiger partial charge in [0.1, 0.15) is 5.82 Å². The van der Waals surface area contributed by atoms with Gasteiger partial charge in [-0.25, -0.2) is 9.78 Å². The SMILES string of the molecule is CC(C)OCCNc1ncc(C(=O)O)cc1N. The first-order chi connectivity index (χ1) is 8.00. The maximum absolute atomic E-state index is 10.7. The first-order valence-corrected chi connectivity index (χ1v) is 5.35. The van der Waals surface area contributed by atoms with Gasteiger partial charge in [0.15, 0.2) is 0 Å². The molecule has 0 spiro atoms. The molecule has 0 saturated heterocycles. The Labute approximate surface area is 99.8 Å². The number of anilines is 2. The van der Waals surface area contributed by atoms with Crippen LogP contribution in [0.15, 0.2) is 12.3 Å². The summed E-state index contributed by atoms with van der Waals surface area (Å²) < 4.78 is 5.34. The second-order valence-corrected chi connectivity index (χ2v) is 3.81. The molecule has 1 aromatic rings. The number of rotatable bonds is 6. The van der Waals surface area contributed by atoms with Crippen molar-refractivity contribution in [1.29, 1.82) is 0 Å². The minimum absolute atomic E-state index is 0.0754. The van der Waals surface area contributed by atoms with E-state index in [1.807, 2.05) is 13.8 Å². The summed E-state index contributed by atoms with van der Waals surface area (Å²) in [6.45, 7) is 5.02. The molecule has 0 unspecified atom stereocenters. The van der Waals surface area contributed by atoms with Crippen molar-refractivity contribution in [2.45, 2.75) is 20.0 Å². The Morgan fingerprint density at radius 3 is 2.88 bits per heavy atom. The normalized spacial score (nSPS) is 10.5. The molecule has 0 aromatic carbocycles. The summed E-state index contributed by atoms with van der Waals surface area (Å²) in [5.74, 6) is -0.568. The van der Waals surface area contributed by atoms with Gasteiger partial charge in [-0.3, -0.25) is 0 Å². The number of nitrogens with one attached hydrogen (secondary N) is 1. The molecule has 17 heavy (non-hydrogen) atoms. The monoisotopic (exact) mass is 239 g/mol. The molecule has 0 radical (unpaired) electrons. The van der Waals surface area contributed by atoms with Crippen LogP contribution in [-0.2, 0) is 4.74 Å². The van der Waals surface area contributed by atoms with Crippen molar-refractivity contribution in [2.24, 2.45) is 0 Å². The average Bonchev–Trinajstić information content (AvgIpc) is 2.25. The van der Waals surface area contributed by atoms with Crippen molar-refractivity contribution in [1.82, 2.24) is 4.98 Å². The average molecular weight is 239 g/mol. The van der Waals surface area contributed by atoms with E-state index in [9.17, 15) is 4.79 Å². The Morgan fingerprint density at radius 2 is 2.35 bits per heavy atom. The lowest BCUT2D eigenvalue weighted by atomic mass is 10.2. The van der Waals surface area contributed by atoms with Crippen molar-refractivity contribution in [3.05, 3.63) is 17.8 Å². The Bertz CT molecular complexity index is 394. The van der Waals surface area contributed by atoms with E-state index in [4.69, 9.17) is 15.6 Å². The highest BCUT2D eigenvalue weighted by molar-refractivity contribution is 5.89. The molecule has 0 atom stereocenters. The van der Waals surface area contributed by atoms with E-state index in [-0.39, 0.29) is 11.7 Å². The van der Waals surface area contributed by atoms with Gasteiger partial charge in [0.25, 0.3) is 0 Å². The number of carbonyl (C=O) groups is 1. The lowest BCUT2D eigenvalue weighted by Crippen LogP contribution is -2.15. The number of hydrogen-bond donors (Lipinski definition) is 3. The number of hydrogen-bond acceptors (Lipinski definition) is 5. The molecule has 0 aliphatic heterocycles. The molecule has 1 heterocycles. The number of pyridine rings is 1. The first-order valence-electron chi connectivity index (χ1n) is 5.35. The van der Waals surface area contributed by atoms with Crippen LogP contribution in [0, 0.1) is 0 Å². The number of nitrogen functional groups attached to an aromatic ring is 1. The Hall–Kier alpha value is -1.82. The van der Waals surface area contributed by atoms with Gasteiger partial charge in [0.2, 0.25) is 0 Å². The third-order valence-corrected chi connectivity index (χ3v) is 2.01. The Kier molecular flexibility index (Phi) is 4.71. The molecule has 0 aliphatic carbocycles.